The topological polar surface area (TPSA) is 22.1 Å². The van der Waals surface area contributed by atoms with Gasteiger partial charge in [0.25, 0.3) is 5.95 Å². The highest BCUT2D eigenvalue weighted by Gasteiger charge is 2.05. The second kappa shape index (κ2) is 5.15. The van der Waals surface area contributed by atoms with Gasteiger partial charge in [0.2, 0.25) is 0 Å². The summed E-state index contributed by atoms with van der Waals surface area (Å²) in [6.45, 7) is 2.18. The highest BCUT2D eigenvalue weighted by atomic mass is 35.5. The zero-order valence-electron chi connectivity index (χ0n) is 9.28. The maximum atomic E-state index is 13.2. The lowest BCUT2D eigenvalue weighted by atomic mass is 10.2. The van der Waals surface area contributed by atoms with E-state index < -0.39 is 5.95 Å². The molecule has 1 heterocycles. The molecule has 0 bridgehead atoms. The highest BCUT2D eigenvalue weighted by Crippen LogP contribution is 2.20. The zero-order valence-corrected chi connectivity index (χ0v) is 10.0. The molecule has 1 aromatic heterocycles. The predicted molar refractivity (Wildman–Crippen MR) is 64.7 cm³/mol. The van der Waals surface area contributed by atoms with Crippen molar-refractivity contribution in [3.63, 3.8) is 0 Å². The molecule has 0 N–H and O–H groups in total. The Bertz CT molecular complexity index is 531. The summed E-state index contributed by atoms with van der Waals surface area (Å²) in [6.07, 6.45) is 1.38. The Morgan fingerprint density at radius 2 is 2.18 bits per heavy atom. The molecule has 0 aliphatic carbocycles. The average molecular weight is 252 g/mol. The summed E-state index contributed by atoms with van der Waals surface area (Å²) in [6, 6.07) is 8.80. The minimum atomic E-state index is -0.615. The number of rotatable bonds is 3. The van der Waals surface area contributed by atoms with Crippen LogP contribution in [0.15, 0.2) is 36.5 Å². The zero-order chi connectivity index (χ0) is 12.3. The normalized spacial score (nSPS) is 10.3. The van der Waals surface area contributed by atoms with Gasteiger partial charge in [-0.05, 0) is 30.7 Å². The highest BCUT2D eigenvalue weighted by molar-refractivity contribution is 6.31. The van der Waals surface area contributed by atoms with Gasteiger partial charge in [0, 0.05) is 16.8 Å². The summed E-state index contributed by atoms with van der Waals surface area (Å²) in [5.74, 6) is -0.486. The van der Waals surface area contributed by atoms with Crippen LogP contribution in [-0.4, -0.2) is 4.98 Å². The molecule has 0 radical (unpaired) electrons. The van der Waals surface area contributed by atoms with Gasteiger partial charge in [0.05, 0.1) is 0 Å². The Morgan fingerprint density at radius 1 is 1.35 bits per heavy atom. The van der Waals surface area contributed by atoms with Gasteiger partial charge in [-0.15, -0.1) is 0 Å². The van der Waals surface area contributed by atoms with E-state index in [-0.39, 0.29) is 12.4 Å². The summed E-state index contributed by atoms with van der Waals surface area (Å²) < 4.78 is 18.5. The van der Waals surface area contributed by atoms with E-state index in [0.29, 0.717) is 5.02 Å². The first-order valence-electron chi connectivity index (χ1n) is 5.15. The molecule has 2 rings (SSSR count). The summed E-state index contributed by atoms with van der Waals surface area (Å²) >= 11 is 6.05. The van der Waals surface area contributed by atoms with Crippen molar-refractivity contribution in [3.05, 3.63) is 58.6 Å². The number of nitrogens with zero attached hydrogens (tertiary/aromatic N) is 1. The van der Waals surface area contributed by atoms with Crippen LogP contribution in [0.4, 0.5) is 4.39 Å². The number of aromatic nitrogens is 1. The molecule has 0 fully saturated rings. The third kappa shape index (κ3) is 2.94. The van der Waals surface area contributed by atoms with Crippen molar-refractivity contribution < 1.29 is 9.13 Å². The number of benzene rings is 1. The molecule has 2 nitrogen and oxygen atoms in total. The van der Waals surface area contributed by atoms with E-state index >= 15 is 0 Å². The van der Waals surface area contributed by atoms with E-state index in [9.17, 15) is 4.39 Å². The smallest absolute Gasteiger partial charge is 0.255 e. The Kier molecular flexibility index (Phi) is 3.59. The molecule has 0 aliphatic heterocycles. The van der Waals surface area contributed by atoms with Gasteiger partial charge in [0.1, 0.15) is 6.61 Å². The van der Waals surface area contributed by atoms with Gasteiger partial charge in [-0.25, -0.2) is 4.98 Å². The van der Waals surface area contributed by atoms with Gasteiger partial charge in [-0.1, -0.05) is 23.7 Å². The molecule has 0 aliphatic rings. The van der Waals surface area contributed by atoms with Crippen molar-refractivity contribution in [2.75, 3.05) is 0 Å². The maximum Gasteiger partial charge on any atom is 0.255 e. The van der Waals surface area contributed by atoms with Crippen LogP contribution in [0, 0.1) is 12.9 Å². The molecule has 88 valence electrons. The van der Waals surface area contributed by atoms with E-state index in [1.165, 1.54) is 12.3 Å². The second-order valence-electron chi connectivity index (χ2n) is 3.68. The lowest BCUT2D eigenvalue weighted by molar-refractivity contribution is 0.286. The van der Waals surface area contributed by atoms with Gasteiger partial charge in [-0.3, -0.25) is 0 Å². The fourth-order valence-corrected chi connectivity index (χ4v) is 1.69. The van der Waals surface area contributed by atoms with Crippen molar-refractivity contribution >= 4 is 11.6 Å². The van der Waals surface area contributed by atoms with Crippen LogP contribution in [0.3, 0.4) is 0 Å². The SMILES string of the molecule is Cc1ccc(COc2cccnc2F)c(Cl)c1. The molecule has 4 heteroatoms. The molecule has 17 heavy (non-hydrogen) atoms. The molecule has 2 aromatic rings. The first-order valence-corrected chi connectivity index (χ1v) is 5.53. The maximum absolute atomic E-state index is 13.2. The van der Waals surface area contributed by atoms with Crippen LogP contribution in [0.5, 0.6) is 5.75 Å². The summed E-state index contributed by atoms with van der Waals surface area (Å²) in [4.78, 5) is 3.50. The van der Waals surface area contributed by atoms with Crippen molar-refractivity contribution in [2.45, 2.75) is 13.5 Å². The Labute approximate surface area is 104 Å². The monoisotopic (exact) mass is 251 g/mol. The van der Waals surface area contributed by atoms with Crippen LogP contribution in [-0.2, 0) is 6.61 Å². The van der Waals surface area contributed by atoms with Gasteiger partial charge < -0.3 is 4.74 Å². The first-order chi connectivity index (χ1) is 8.16. The molecule has 0 spiro atoms. The molecular formula is C13H11ClFNO. The number of pyridine rings is 1. The average Bonchev–Trinajstić information content (AvgIpc) is 2.30. The minimum absolute atomic E-state index is 0.129. The van der Waals surface area contributed by atoms with Crippen molar-refractivity contribution in [3.8, 4) is 5.75 Å². The summed E-state index contributed by atoms with van der Waals surface area (Å²) in [5, 5.41) is 0.620. The van der Waals surface area contributed by atoms with Crippen LogP contribution in [0.2, 0.25) is 5.02 Å². The van der Waals surface area contributed by atoms with Crippen LogP contribution >= 0.6 is 11.6 Å². The molecule has 0 amide bonds. The standard InChI is InChI=1S/C13H11ClFNO/c1-9-4-5-10(11(14)7-9)8-17-12-3-2-6-16-13(12)15/h2-7H,8H2,1H3. The van der Waals surface area contributed by atoms with E-state index in [4.69, 9.17) is 16.3 Å². The van der Waals surface area contributed by atoms with E-state index in [0.717, 1.165) is 11.1 Å². The van der Waals surface area contributed by atoms with E-state index in [1.54, 1.807) is 6.07 Å². The summed E-state index contributed by atoms with van der Waals surface area (Å²) in [7, 11) is 0. The third-order valence-corrected chi connectivity index (χ3v) is 2.67. The van der Waals surface area contributed by atoms with Crippen LogP contribution in [0.1, 0.15) is 11.1 Å². The number of hydrogen-bond acceptors (Lipinski definition) is 2. The van der Waals surface area contributed by atoms with Crippen molar-refractivity contribution in [2.24, 2.45) is 0 Å². The van der Waals surface area contributed by atoms with Crippen molar-refractivity contribution in [1.29, 1.82) is 0 Å². The number of aryl methyl sites for hydroxylation is 1. The van der Waals surface area contributed by atoms with Gasteiger partial charge in [0.15, 0.2) is 5.75 Å². The Balaban J connectivity index is 2.10. The molecule has 0 unspecified atom stereocenters. The molecule has 1 aromatic carbocycles. The minimum Gasteiger partial charge on any atom is -0.484 e. The number of halogens is 2. The first kappa shape index (κ1) is 11.9. The Morgan fingerprint density at radius 3 is 2.88 bits per heavy atom. The molecule has 0 saturated carbocycles. The lowest BCUT2D eigenvalue weighted by Gasteiger charge is -2.08. The number of ether oxygens (including phenoxy) is 1. The summed E-state index contributed by atoms with van der Waals surface area (Å²) in [5.41, 5.74) is 1.90. The van der Waals surface area contributed by atoms with Crippen molar-refractivity contribution in [1.82, 2.24) is 4.98 Å². The molecule has 0 saturated heterocycles. The van der Waals surface area contributed by atoms with Gasteiger partial charge >= 0.3 is 0 Å². The largest absolute Gasteiger partial charge is 0.484 e. The van der Waals surface area contributed by atoms with Gasteiger partial charge in [-0.2, -0.15) is 4.39 Å². The fourth-order valence-electron chi connectivity index (χ4n) is 1.40. The van der Waals surface area contributed by atoms with E-state index in [2.05, 4.69) is 4.98 Å². The molecular weight excluding hydrogens is 241 g/mol. The predicted octanol–water partition coefficient (Wildman–Crippen LogP) is 3.76. The fraction of sp³-hybridized carbons (Fsp3) is 0.154. The quantitative estimate of drug-likeness (QED) is 0.775. The van der Waals surface area contributed by atoms with Crippen LogP contribution < -0.4 is 4.74 Å². The Hall–Kier alpha value is -1.61. The second-order valence-corrected chi connectivity index (χ2v) is 4.08. The lowest BCUT2D eigenvalue weighted by Crippen LogP contribution is -1.99. The van der Waals surface area contributed by atoms with Crippen LogP contribution in [0.25, 0.3) is 0 Å². The third-order valence-electron chi connectivity index (χ3n) is 2.32. The molecule has 0 atom stereocenters. The van der Waals surface area contributed by atoms with E-state index in [1.807, 2.05) is 25.1 Å². The number of hydrogen-bond donors (Lipinski definition) is 0.